The van der Waals surface area contributed by atoms with E-state index in [1.807, 2.05) is 30.3 Å². The fourth-order valence-corrected chi connectivity index (χ4v) is 3.69. The maximum Gasteiger partial charge on any atom is 0.161 e. The second-order valence-electron chi connectivity index (χ2n) is 6.62. The van der Waals surface area contributed by atoms with Crippen molar-refractivity contribution in [1.82, 2.24) is 4.90 Å². The molecular weight excluding hydrogens is 330 g/mol. The fourth-order valence-electron chi connectivity index (χ4n) is 3.69. The molecule has 0 aliphatic carbocycles. The first-order valence-electron chi connectivity index (χ1n) is 9.24. The Bertz CT molecular complexity index is 731. The normalized spacial score (nSPS) is 19.3. The average Bonchev–Trinajstić information content (AvgIpc) is 3.17. The molecule has 1 atom stereocenters. The summed E-state index contributed by atoms with van der Waals surface area (Å²) in [5.41, 5.74) is 1.30. The van der Waals surface area contributed by atoms with Gasteiger partial charge >= 0.3 is 0 Å². The largest absolute Gasteiger partial charge is 0.497 e. The van der Waals surface area contributed by atoms with Crippen molar-refractivity contribution in [3.8, 4) is 23.0 Å². The van der Waals surface area contributed by atoms with Gasteiger partial charge in [0.05, 0.1) is 7.11 Å². The van der Waals surface area contributed by atoms with Crippen LogP contribution in [0.4, 0.5) is 0 Å². The minimum Gasteiger partial charge on any atom is -0.497 e. The predicted octanol–water partition coefficient (Wildman–Crippen LogP) is 3.68. The number of hydrogen-bond donors (Lipinski definition) is 0. The highest BCUT2D eigenvalue weighted by Gasteiger charge is 2.27. The molecule has 0 saturated carbocycles. The molecule has 0 N–H and O–H groups in total. The van der Waals surface area contributed by atoms with Crippen LogP contribution >= 0.6 is 0 Å². The zero-order valence-corrected chi connectivity index (χ0v) is 15.1. The summed E-state index contributed by atoms with van der Waals surface area (Å²) in [6, 6.07) is 14.5. The van der Waals surface area contributed by atoms with Gasteiger partial charge in [0.1, 0.15) is 31.3 Å². The summed E-state index contributed by atoms with van der Waals surface area (Å²) >= 11 is 0. The number of methoxy groups -OCH3 is 1. The summed E-state index contributed by atoms with van der Waals surface area (Å²) in [6.45, 7) is 3.94. The lowest BCUT2D eigenvalue weighted by Crippen LogP contribution is -2.28. The third-order valence-corrected chi connectivity index (χ3v) is 5.02. The Hall–Kier alpha value is -2.40. The zero-order valence-electron chi connectivity index (χ0n) is 15.1. The van der Waals surface area contributed by atoms with E-state index >= 15 is 0 Å². The second-order valence-corrected chi connectivity index (χ2v) is 6.62. The van der Waals surface area contributed by atoms with E-state index in [2.05, 4.69) is 17.0 Å². The number of rotatable bonds is 6. The Morgan fingerprint density at radius 3 is 2.58 bits per heavy atom. The Morgan fingerprint density at radius 2 is 1.77 bits per heavy atom. The van der Waals surface area contributed by atoms with Crippen LogP contribution in [0.15, 0.2) is 42.5 Å². The van der Waals surface area contributed by atoms with Gasteiger partial charge in [-0.05, 0) is 61.3 Å². The highest BCUT2D eigenvalue weighted by Crippen LogP contribution is 2.37. The number of hydrogen-bond acceptors (Lipinski definition) is 5. The summed E-state index contributed by atoms with van der Waals surface area (Å²) in [7, 11) is 1.67. The predicted molar refractivity (Wildman–Crippen MR) is 99.5 cm³/mol. The number of benzene rings is 2. The third-order valence-electron chi connectivity index (χ3n) is 5.02. The molecule has 4 rings (SSSR count). The summed E-state index contributed by atoms with van der Waals surface area (Å²) in [5, 5.41) is 0. The van der Waals surface area contributed by atoms with Crippen LogP contribution in [-0.2, 0) is 0 Å². The van der Waals surface area contributed by atoms with Crippen molar-refractivity contribution in [2.24, 2.45) is 0 Å². The van der Waals surface area contributed by atoms with Crippen LogP contribution in [0.2, 0.25) is 0 Å². The molecule has 0 aromatic heterocycles. The van der Waals surface area contributed by atoms with Gasteiger partial charge in [0.15, 0.2) is 11.5 Å². The summed E-state index contributed by atoms with van der Waals surface area (Å²) in [5.74, 6) is 3.44. The van der Waals surface area contributed by atoms with Crippen molar-refractivity contribution in [1.29, 1.82) is 0 Å². The van der Waals surface area contributed by atoms with E-state index in [0.717, 1.165) is 36.1 Å². The molecule has 2 aliphatic rings. The van der Waals surface area contributed by atoms with Crippen molar-refractivity contribution in [3.63, 3.8) is 0 Å². The van der Waals surface area contributed by atoms with Crippen LogP contribution in [0.5, 0.6) is 23.0 Å². The second kappa shape index (κ2) is 7.87. The molecule has 138 valence electrons. The lowest BCUT2D eigenvalue weighted by atomic mass is 10.0. The Kier molecular flexibility index (Phi) is 5.16. The summed E-state index contributed by atoms with van der Waals surface area (Å²) in [4.78, 5) is 2.49. The first-order valence-corrected chi connectivity index (χ1v) is 9.24. The van der Waals surface area contributed by atoms with Crippen molar-refractivity contribution in [2.75, 3.05) is 40.0 Å². The van der Waals surface area contributed by atoms with Gasteiger partial charge in [0.25, 0.3) is 0 Å². The fraction of sp³-hybridized carbons (Fsp3) is 0.429. The lowest BCUT2D eigenvalue weighted by Gasteiger charge is -2.26. The molecule has 0 spiro atoms. The highest BCUT2D eigenvalue weighted by molar-refractivity contribution is 5.44. The summed E-state index contributed by atoms with van der Waals surface area (Å²) in [6.07, 6.45) is 2.38. The maximum absolute atomic E-state index is 5.90. The Labute approximate surface area is 154 Å². The molecule has 2 aromatic carbocycles. The number of nitrogens with zero attached hydrogens (tertiary/aromatic N) is 1. The molecule has 2 aromatic rings. The molecule has 1 unspecified atom stereocenters. The van der Waals surface area contributed by atoms with E-state index in [1.165, 1.54) is 18.4 Å². The average molecular weight is 355 g/mol. The summed E-state index contributed by atoms with van der Waals surface area (Å²) < 4.78 is 22.4. The van der Waals surface area contributed by atoms with Crippen molar-refractivity contribution >= 4 is 0 Å². The van der Waals surface area contributed by atoms with Crippen LogP contribution in [0.3, 0.4) is 0 Å². The standard InChI is InChI=1S/C21H25NO4/c1-23-17-5-7-18(8-6-17)24-12-11-22-10-2-3-19(22)16-4-9-20-21(15-16)26-14-13-25-20/h4-9,15,19H,2-3,10-14H2,1H3. The van der Waals surface area contributed by atoms with Crippen LogP contribution in [0.1, 0.15) is 24.4 Å². The van der Waals surface area contributed by atoms with E-state index in [4.69, 9.17) is 18.9 Å². The lowest BCUT2D eigenvalue weighted by molar-refractivity contribution is 0.170. The number of fused-ring (bicyclic) bond motifs is 1. The van der Waals surface area contributed by atoms with Crippen LogP contribution in [0, 0.1) is 0 Å². The Balaban J connectivity index is 1.36. The van der Waals surface area contributed by atoms with Gasteiger partial charge in [-0.3, -0.25) is 4.90 Å². The van der Waals surface area contributed by atoms with Crippen LogP contribution < -0.4 is 18.9 Å². The van der Waals surface area contributed by atoms with E-state index in [1.54, 1.807) is 7.11 Å². The molecule has 1 saturated heterocycles. The highest BCUT2D eigenvalue weighted by atomic mass is 16.6. The van der Waals surface area contributed by atoms with Crippen molar-refractivity contribution < 1.29 is 18.9 Å². The zero-order chi connectivity index (χ0) is 17.8. The molecule has 5 nitrogen and oxygen atoms in total. The van der Waals surface area contributed by atoms with E-state index in [0.29, 0.717) is 25.9 Å². The molecule has 2 aliphatic heterocycles. The number of ether oxygens (including phenoxy) is 4. The smallest absolute Gasteiger partial charge is 0.161 e. The molecule has 0 radical (unpaired) electrons. The monoisotopic (exact) mass is 355 g/mol. The maximum atomic E-state index is 5.90. The SMILES string of the molecule is COc1ccc(OCCN2CCCC2c2ccc3c(c2)OCCO3)cc1. The first-order chi connectivity index (χ1) is 12.8. The van der Waals surface area contributed by atoms with Gasteiger partial charge in [-0.25, -0.2) is 0 Å². The Morgan fingerprint density at radius 1 is 1.00 bits per heavy atom. The van der Waals surface area contributed by atoms with Crippen molar-refractivity contribution in [2.45, 2.75) is 18.9 Å². The molecule has 26 heavy (non-hydrogen) atoms. The number of likely N-dealkylation sites (tertiary alicyclic amines) is 1. The topological polar surface area (TPSA) is 40.2 Å². The molecule has 1 fully saturated rings. The van der Waals surface area contributed by atoms with Gasteiger partial charge in [0, 0.05) is 12.6 Å². The van der Waals surface area contributed by atoms with E-state index in [-0.39, 0.29) is 0 Å². The van der Waals surface area contributed by atoms with Gasteiger partial charge < -0.3 is 18.9 Å². The van der Waals surface area contributed by atoms with Gasteiger partial charge in [0.2, 0.25) is 0 Å². The van der Waals surface area contributed by atoms with Gasteiger partial charge in [-0.15, -0.1) is 0 Å². The minimum atomic E-state index is 0.422. The van der Waals surface area contributed by atoms with E-state index < -0.39 is 0 Å². The van der Waals surface area contributed by atoms with E-state index in [9.17, 15) is 0 Å². The van der Waals surface area contributed by atoms with Crippen molar-refractivity contribution in [3.05, 3.63) is 48.0 Å². The van der Waals surface area contributed by atoms with Crippen LogP contribution in [0.25, 0.3) is 0 Å². The first kappa shape index (κ1) is 17.0. The quantitative estimate of drug-likeness (QED) is 0.790. The molecule has 5 heteroatoms. The molecule has 0 amide bonds. The molecule has 2 heterocycles. The molecular formula is C21H25NO4. The minimum absolute atomic E-state index is 0.422. The third kappa shape index (κ3) is 3.73. The molecule has 0 bridgehead atoms. The van der Waals surface area contributed by atoms with Gasteiger partial charge in [-0.2, -0.15) is 0 Å². The van der Waals surface area contributed by atoms with Gasteiger partial charge in [-0.1, -0.05) is 6.07 Å². The van der Waals surface area contributed by atoms with Crippen LogP contribution in [-0.4, -0.2) is 44.9 Å².